The first kappa shape index (κ1) is 15.3. The Hall–Kier alpha value is -3.28. The van der Waals surface area contributed by atoms with E-state index in [0.29, 0.717) is 5.82 Å². The van der Waals surface area contributed by atoms with Crippen molar-refractivity contribution in [3.63, 3.8) is 0 Å². The number of hydrogen-bond acceptors (Lipinski definition) is 4. The Balaban J connectivity index is 1.53. The molecule has 0 saturated carbocycles. The van der Waals surface area contributed by atoms with Gasteiger partial charge in [0.05, 0.1) is 18.1 Å². The Kier molecular flexibility index (Phi) is 3.85. The van der Waals surface area contributed by atoms with E-state index in [9.17, 15) is 9.18 Å². The van der Waals surface area contributed by atoms with E-state index in [-0.39, 0.29) is 11.4 Å². The van der Waals surface area contributed by atoms with Gasteiger partial charge >= 0.3 is 0 Å². The maximum absolute atomic E-state index is 13.6. The molecule has 1 aliphatic heterocycles. The number of fused-ring (bicyclic) bond motifs is 1. The van der Waals surface area contributed by atoms with Gasteiger partial charge < -0.3 is 10.2 Å². The summed E-state index contributed by atoms with van der Waals surface area (Å²) in [6.07, 6.45) is 3.93. The molecule has 25 heavy (non-hydrogen) atoms. The predicted molar refractivity (Wildman–Crippen MR) is 93.5 cm³/mol. The van der Waals surface area contributed by atoms with Crippen LogP contribution in [-0.2, 0) is 6.42 Å². The second-order valence-corrected chi connectivity index (χ2v) is 5.72. The zero-order valence-corrected chi connectivity index (χ0v) is 13.3. The number of para-hydroxylation sites is 2. The van der Waals surface area contributed by atoms with Crippen molar-refractivity contribution in [3.8, 4) is 0 Å². The third kappa shape index (κ3) is 2.94. The lowest BCUT2D eigenvalue weighted by Gasteiger charge is -2.17. The first-order valence-electron chi connectivity index (χ1n) is 7.96. The Bertz CT molecular complexity index is 927. The monoisotopic (exact) mass is 334 g/mol. The van der Waals surface area contributed by atoms with Crippen LogP contribution in [0.4, 0.5) is 21.6 Å². The molecule has 1 aliphatic rings. The zero-order valence-electron chi connectivity index (χ0n) is 13.3. The van der Waals surface area contributed by atoms with E-state index < -0.39 is 11.7 Å². The molecule has 4 rings (SSSR count). The number of aromatic nitrogens is 2. The number of nitrogens with one attached hydrogen (secondary N) is 1. The molecule has 0 radical (unpaired) electrons. The van der Waals surface area contributed by atoms with Crippen LogP contribution in [0.2, 0.25) is 0 Å². The van der Waals surface area contributed by atoms with Crippen molar-refractivity contribution in [2.24, 2.45) is 0 Å². The van der Waals surface area contributed by atoms with E-state index in [4.69, 9.17) is 0 Å². The third-order valence-electron chi connectivity index (χ3n) is 4.16. The highest BCUT2D eigenvalue weighted by atomic mass is 19.1. The number of halogens is 1. The molecule has 0 fully saturated rings. The molecule has 1 aromatic heterocycles. The number of benzene rings is 2. The van der Waals surface area contributed by atoms with Crippen molar-refractivity contribution >= 4 is 23.1 Å². The van der Waals surface area contributed by atoms with Crippen molar-refractivity contribution in [2.45, 2.75) is 6.42 Å². The number of carbonyl (C=O) groups is 1. The normalized spacial score (nSPS) is 12.8. The molecule has 0 aliphatic carbocycles. The van der Waals surface area contributed by atoms with Crippen molar-refractivity contribution in [1.82, 2.24) is 9.97 Å². The molecule has 5 nitrogen and oxygen atoms in total. The summed E-state index contributed by atoms with van der Waals surface area (Å²) < 4.78 is 13.6. The maximum Gasteiger partial charge on any atom is 0.275 e. The van der Waals surface area contributed by atoms with Gasteiger partial charge in [-0.3, -0.25) is 4.79 Å². The van der Waals surface area contributed by atoms with Gasteiger partial charge in [0, 0.05) is 12.2 Å². The minimum atomic E-state index is -0.494. The molecule has 1 amide bonds. The fraction of sp³-hybridized carbons (Fsp3) is 0.105. The molecular weight excluding hydrogens is 319 g/mol. The maximum atomic E-state index is 13.6. The van der Waals surface area contributed by atoms with Crippen molar-refractivity contribution in [3.05, 3.63) is 78.0 Å². The van der Waals surface area contributed by atoms with Crippen LogP contribution in [0.3, 0.4) is 0 Å². The van der Waals surface area contributed by atoms with Crippen LogP contribution in [0.25, 0.3) is 0 Å². The van der Waals surface area contributed by atoms with Crippen LogP contribution >= 0.6 is 0 Å². The first-order chi connectivity index (χ1) is 12.2. The molecule has 1 N–H and O–H groups in total. The van der Waals surface area contributed by atoms with Gasteiger partial charge in [0.25, 0.3) is 5.91 Å². The van der Waals surface area contributed by atoms with E-state index in [2.05, 4.69) is 26.3 Å². The van der Waals surface area contributed by atoms with E-state index in [1.165, 1.54) is 23.9 Å². The average Bonchev–Trinajstić information content (AvgIpc) is 3.08. The highest BCUT2D eigenvalue weighted by molar-refractivity contribution is 6.02. The van der Waals surface area contributed by atoms with E-state index in [1.807, 2.05) is 18.2 Å². The molecule has 2 aromatic carbocycles. The van der Waals surface area contributed by atoms with Crippen LogP contribution in [0.5, 0.6) is 0 Å². The van der Waals surface area contributed by atoms with Crippen molar-refractivity contribution < 1.29 is 9.18 Å². The summed E-state index contributed by atoms with van der Waals surface area (Å²) >= 11 is 0. The number of hydrogen-bond donors (Lipinski definition) is 1. The summed E-state index contributed by atoms with van der Waals surface area (Å²) in [6.45, 7) is 0.828. The fourth-order valence-electron chi connectivity index (χ4n) is 2.90. The summed E-state index contributed by atoms with van der Waals surface area (Å²) in [4.78, 5) is 22.8. The lowest BCUT2D eigenvalue weighted by Crippen LogP contribution is -2.18. The number of rotatable bonds is 3. The summed E-state index contributed by atoms with van der Waals surface area (Å²) in [5, 5.41) is 2.50. The van der Waals surface area contributed by atoms with Crippen LogP contribution in [-0.4, -0.2) is 22.4 Å². The zero-order chi connectivity index (χ0) is 17.2. The molecule has 124 valence electrons. The van der Waals surface area contributed by atoms with Gasteiger partial charge in [0.1, 0.15) is 11.5 Å². The smallest absolute Gasteiger partial charge is 0.275 e. The minimum Gasteiger partial charge on any atom is -0.325 e. The van der Waals surface area contributed by atoms with Gasteiger partial charge in [-0.1, -0.05) is 30.3 Å². The predicted octanol–water partition coefficient (Wildman–Crippen LogP) is 3.56. The topological polar surface area (TPSA) is 58.1 Å². The lowest BCUT2D eigenvalue weighted by atomic mass is 10.2. The minimum absolute atomic E-state index is 0.117. The highest BCUT2D eigenvalue weighted by Crippen LogP contribution is 2.32. The summed E-state index contributed by atoms with van der Waals surface area (Å²) in [5.74, 6) is -0.299. The molecule has 2 heterocycles. The fourth-order valence-corrected chi connectivity index (χ4v) is 2.90. The van der Waals surface area contributed by atoms with Gasteiger partial charge in [-0.05, 0) is 30.2 Å². The molecule has 0 saturated heterocycles. The Morgan fingerprint density at radius 2 is 1.84 bits per heavy atom. The summed E-state index contributed by atoms with van der Waals surface area (Å²) in [5.41, 5.74) is 2.64. The number of amides is 1. The van der Waals surface area contributed by atoms with Crippen molar-refractivity contribution in [1.29, 1.82) is 0 Å². The molecule has 6 heteroatoms. The molecule has 0 spiro atoms. The molecular formula is C19H15FN4O. The summed E-state index contributed by atoms with van der Waals surface area (Å²) in [7, 11) is 0. The SMILES string of the molecule is O=C(Nc1ccccc1F)c1cnc(N2CCc3ccccc32)cn1. The van der Waals surface area contributed by atoms with Crippen molar-refractivity contribution in [2.75, 3.05) is 16.8 Å². The van der Waals surface area contributed by atoms with E-state index in [1.54, 1.807) is 18.3 Å². The van der Waals surface area contributed by atoms with Crippen LogP contribution in [0, 0.1) is 5.82 Å². The third-order valence-corrected chi connectivity index (χ3v) is 4.16. The van der Waals surface area contributed by atoms with Crippen LogP contribution in [0.15, 0.2) is 60.9 Å². The second-order valence-electron chi connectivity index (χ2n) is 5.72. The van der Waals surface area contributed by atoms with E-state index >= 15 is 0 Å². The standard InChI is InChI=1S/C19H15FN4O/c20-14-6-2-3-7-15(14)23-19(25)16-11-22-18(12-21-16)24-10-9-13-5-1-4-8-17(13)24/h1-8,11-12H,9-10H2,(H,23,25). The first-order valence-corrected chi connectivity index (χ1v) is 7.96. The largest absolute Gasteiger partial charge is 0.325 e. The Morgan fingerprint density at radius 1 is 1.04 bits per heavy atom. The van der Waals surface area contributed by atoms with Gasteiger partial charge in [-0.2, -0.15) is 0 Å². The highest BCUT2D eigenvalue weighted by Gasteiger charge is 2.21. The van der Waals surface area contributed by atoms with Gasteiger partial charge in [0.2, 0.25) is 0 Å². The van der Waals surface area contributed by atoms with Crippen LogP contribution < -0.4 is 10.2 Å². The van der Waals surface area contributed by atoms with Gasteiger partial charge in [0.15, 0.2) is 5.82 Å². The quantitative estimate of drug-likeness (QED) is 0.796. The lowest BCUT2D eigenvalue weighted by molar-refractivity contribution is 0.102. The second kappa shape index (κ2) is 6.32. The Labute approximate surface area is 144 Å². The molecule has 0 bridgehead atoms. The van der Waals surface area contributed by atoms with Gasteiger partial charge in [-0.15, -0.1) is 0 Å². The molecule has 0 atom stereocenters. The number of carbonyl (C=O) groups excluding carboxylic acids is 1. The number of anilines is 3. The number of nitrogens with zero attached hydrogens (tertiary/aromatic N) is 3. The van der Waals surface area contributed by atoms with E-state index in [0.717, 1.165) is 18.7 Å². The summed E-state index contributed by atoms with van der Waals surface area (Å²) in [6, 6.07) is 14.1. The molecule has 0 unspecified atom stereocenters. The molecule has 3 aromatic rings. The van der Waals surface area contributed by atoms with Gasteiger partial charge in [-0.25, -0.2) is 14.4 Å². The average molecular weight is 334 g/mol. The van der Waals surface area contributed by atoms with Crippen LogP contribution in [0.1, 0.15) is 16.1 Å². The Morgan fingerprint density at radius 3 is 2.64 bits per heavy atom.